The second-order valence-corrected chi connectivity index (χ2v) is 2.88. The van der Waals surface area contributed by atoms with Gasteiger partial charge in [-0.2, -0.15) is 0 Å². The second kappa shape index (κ2) is 5.11. The fourth-order valence-electron chi connectivity index (χ4n) is 1.25. The van der Waals surface area contributed by atoms with Crippen molar-refractivity contribution in [1.82, 2.24) is 10.2 Å². The van der Waals surface area contributed by atoms with Crippen LogP contribution in [0.3, 0.4) is 0 Å². The van der Waals surface area contributed by atoms with Crippen LogP contribution in [0.15, 0.2) is 0 Å². The Kier molecular flexibility index (Phi) is 4.04. The zero-order valence-corrected chi connectivity index (χ0v) is 7.45. The van der Waals surface area contributed by atoms with E-state index in [1.165, 1.54) is 7.11 Å². The average Bonchev–Trinajstić information content (AvgIpc) is 2.33. The molecule has 0 saturated carbocycles. The second-order valence-electron chi connectivity index (χ2n) is 2.88. The normalized spacial score (nSPS) is 20.1. The minimum Gasteiger partial charge on any atom is -0.468 e. The van der Waals surface area contributed by atoms with Gasteiger partial charge in [0.1, 0.15) is 0 Å². The molecule has 0 amide bonds. The van der Waals surface area contributed by atoms with Crippen molar-refractivity contribution in [3.63, 3.8) is 0 Å². The molecule has 0 unspecified atom stereocenters. The molecule has 1 aliphatic heterocycles. The lowest BCUT2D eigenvalue weighted by molar-refractivity contribution is -0.141. The summed E-state index contributed by atoms with van der Waals surface area (Å²) in [7, 11) is 1.42. The van der Waals surface area contributed by atoms with Gasteiger partial charge in [-0.25, -0.2) is 5.32 Å². The molecule has 0 aromatic carbocycles. The van der Waals surface area contributed by atoms with Crippen molar-refractivity contribution in [2.45, 2.75) is 6.42 Å². The molecule has 12 heavy (non-hydrogen) atoms. The lowest BCUT2D eigenvalue weighted by Crippen LogP contribution is -2.32. The fraction of sp³-hybridized carbons (Fsp3) is 0.875. The van der Waals surface area contributed by atoms with E-state index in [-0.39, 0.29) is 5.97 Å². The summed E-state index contributed by atoms with van der Waals surface area (Å²) in [6, 6.07) is 0. The molecule has 0 atom stereocenters. The van der Waals surface area contributed by atoms with Gasteiger partial charge in [-0.05, 0) is 6.42 Å². The number of methoxy groups -OCH3 is 1. The topological polar surface area (TPSA) is 43.6 Å². The number of esters is 1. The molecule has 1 rings (SSSR count). The van der Waals surface area contributed by atoms with Crippen LogP contribution < -0.4 is 5.32 Å². The van der Waals surface area contributed by atoms with Crippen molar-refractivity contribution >= 4 is 5.97 Å². The number of hydrogen-bond donors (Lipinski definition) is 0. The molecule has 4 nitrogen and oxygen atoms in total. The lowest BCUT2D eigenvalue weighted by atomic mass is 10.4. The van der Waals surface area contributed by atoms with Crippen LogP contribution in [0.1, 0.15) is 6.42 Å². The van der Waals surface area contributed by atoms with Gasteiger partial charge >= 0.3 is 5.97 Å². The van der Waals surface area contributed by atoms with Crippen molar-refractivity contribution in [2.75, 3.05) is 39.8 Å². The molecular formula is C8H15N2O2. The molecule has 1 saturated heterocycles. The van der Waals surface area contributed by atoms with Gasteiger partial charge in [0, 0.05) is 26.2 Å². The Hall–Kier alpha value is -0.610. The summed E-state index contributed by atoms with van der Waals surface area (Å²) in [6.07, 6.45) is 1.05. The van der Waals surface area contributed by atoms with Crippen LogP contribution in [0.2, 0.25) is 0 Å². The molecule has 1 radical (unpaired) electrons. The summed E-state index contributed by atoms with van der Waals surface area (Å²) in [6.45, 7) is 4.02. The third-order valence-corrected chi connectivity index (χ3v) is 1.95. The smallest absolute Gasteiger partial charge is 0.319 e. The van der Waals surface area contributed by atoms with E-state index in [9.17, 15) is 4.79 Å². The Morgan fingerprint density at radius 3 is 3.08 bits per heavy atom. The standard InChI is InChI=1S/C8H15N2O2/c1-12-8(11)7-10-5-2-3-9-4-6-10/h2-7H2,1H3. The predicted octanol–water partition coefficient (Wildman–Crippen LogP) is -0.530. The van der Waals surface area contributed by atoms with Crippen LogP contribution in [-0.4, -0.2) is 50.7 Å². The Labute approximate surface area is 72.9 Å². The van der Waals surface area contributed by atoms with Crippen LogP contribution in [0, 0.1) is 0 Å². The maximum absolute atomic E-state index is 10.9. The first-order valence-corrected chi connectivity index (χ1v) is 4.25. The van der Waals surface area contributed by atoms with Gasteiger partial charge in [0.25, 0.3) is 0 Å². The largest absolute Gasteiger partial charge is 0.468 e. The van der Waals surface area contributed by atoms with Crippen molar-refractivity contribution in [3.05, 3.63) is 0 Å². The van der Waals surface area contributed by atoms with Gasteiger partial charge < -0.3 is 4.74 Å². The Morgan fingerprint density at radius 1 is 1.50 bits per heavy atom. The van der Waals surface area contributed by atoms with E-state index >= 15 is 0 Å². The minimum absolute atomic E-state index is 0.156. The van der Waals surface area contributed by atoms with Crippen LogP contribution in [0.5, 0.6) is 0 Å². The summed E-state index contributed by atoms with van der Waals surface area (Å²) in [5, 5.41) is 4.26. The van der Waals surface area contributed by atoms with Crippen molar-refractivity contribution in [3.8, 4) is 0 Å². The highest BCUT2D eigenvalue weighted by molar-refractivity contribution is 5.71. The molecule has 0 aromatic rings. The van der Waals surface area contributed by atoms with Gasteiger partial charge in [-0.1, -0.05) is 0 Å². The molecule has 69 valence electrons. The maximum atomic E-state index is 10.9. The Bertz CT molecular complexity index is 142. The zero-order valence-electron chi connectivity index (χ0n) is 7.45. The van der Waals surface area contributed by atoms with Crippen molar-refractivity contribution in [2.24, 2.45) is 0 Å². The van der Waals surface area contributed by atoms with Crippen LogP contribution in [0.4, 0.5) is 0 Å². The van der Waals surface area contributed by atoms with Crippen LogP contribution in [-0.2, 0) is 9.53 Å². The van der Waals surface area contributed by atoms with Gasteiger partial charge in [-0.3, -0.25) is 9.69 Å². The van der Waals surface area contributed by atoms with Crippen LogP contribution >= 0.6 is 0 Å². The number of rotatable bonds is 2. The number of nitrogens with zero attached hydrogens (tertiary/aromatic N) is 2. The number of hydrogen-bond acceptors (Lipinski definition) is 3. The van der Waals surface area contributed by atoms with E-state index in [1.54, 1.807) is 0 Å². The van der Waals surface area contributed by atoms with E-state index in [0.29, 0.717) is 6.54 Å². The average molecular weight is 171 g/mol. The van der Waals surface area contributed by atoms with E-state index in [4.69, 9.17) is 0 Å². The summed E-state index contributed by atoms with van der Waals surface area (Å²) in [5.74, 6) is -0.156. The molecule has 0 aliphatic carbocycles. The van der Waals surface area contributed by atoms with E-state index in [0.717, 1.165) is 32.6 Å². The Balaban J connectivity index is 2.24. The van der Waals surface area contributed by atoms with Crippen molar-refractivity contribution in [1.29, 1.82) is 0 Å². The van der Waals surface area contributed by atoms with Gasteiger partial charge in [-0.15, -0.1) is 0 Å². The highest BCUT2D eigenvalue weighted by Crippen LogP contribution is 1.95. The first kappa shape index (κ1) is 9.48. The van der Waals surface area contributed by atoms with Crippen LogP contribution in [0.25, 0.3) is 0 Å². The molecule has 0 bridgehead atoms. The minimum atomic E-state index is -0.156. The van der Waals surface area contributed by atoms with Crippen molar-refractivity contribution < 1.29 is 9.53 Å². The van der Waals surface area contributed by atoms with E-state index < -0.39 is 0 Å². The van der Waals surface area contributed by atoms with Gasteiger partial charge in [0.15, 0.2) is 0 Å². The molecule has 0 N–H and O–H groups in total. The maximum Gasteiger partial charge on any atom is 0.319 e. The summed E-state index contributed by atoms with van der Waals surface area (Å²) >= 11 is 0. The summed E-state index contributed by atoms with van der Waals surface area (Å²) < 4.78 is 4.58. The molecule has 0 aromatic heterocycles. The summed E-state index contributed by atoms with van der Waals surface area (Å²) in [5.41, 5.74) is 0. The third kappa shape index (κ3) is 3.19. The van der Waals surface area contributed by atoms with E-state index in [1.807, 2.05) is 0 Å². The molecule has 4 heteroatoms. The molecule has 1 heterocycles. The summed E-state index contributed by atoms with van der Waals surface area (Å²) in [4.78, 5) is 13.0. The number of carbonyl (C=O) groups is 1. The quantitative estimate of drug-likeness (QED) is 0.525. The fourth-order valence-corrected chi connectivity index (χ4v) is 1.25. The molecule has 0 spiro atoms. The lowest BCUT2D eigenvalue weighted by Gasteiger charge is -2.16. The van der Waals surface area contributed by atoms with Gasteiger partial charge in [0.05, 0.1) is 13.7 Å². The first-order chi connectivity index (χ1) is 5.83. The highest BCUT2D eigenvalue weighted by atomic mass is 16.5. The zero-order chi connectivity index (χ0) is 8.81. The molecule has 1 fully saturated rings. The van der Waals surface area contributed by atoms with Gasteiger partial charge in [0.2, 0.25) is 0 Å². The first-order valence-electron chi connectivity index (χ1n) is 4.25. The van der Waals surface area contributed by atoms with E-state index in [2.05, 4.69) is 15.0 Å². The number of ether oxygens (including phenoxy) is 1. The third-order valence-electron chi connectivity index (χ3n) is 1.95. The monoisotopic (exact) mass is 171 g/mol. The highest BCUT2D eigenvalue weighted by Gasteiger charge is 2.12. The Morgan fingerprint density at radius 2 is 2.33 bits per heavy atom. The molecular weight excluding hydrogens is 156 g/mol. The number of carbonyl (C=O) groups excluding carboxylic acids is 1. The predicted molar refractivity (Wildman–Crippen MR) is 44.9 cm³/mol. The molecule has 1 aliphatic rings. The SMILES string of the molecule is COC(=O)CN1CCC[N]CC1.